The van der Waals surface area contributed by atoms with Gasteiger partial charge in [0.1, 0.15) is 17.3 Å². The minimum Gasteiger partial charge on any atom is -0.456 e. The Morgan fingerprint density at radius 1 is 1.22 bits per heavy atom. The van der Waals surface area contributed by atoms with Gasteiger partial charge in [0.25, 0.3) is 0 Å². The molecule has 0 saturated carbocycles. The number of nitrogens with zero attached hydrogens (tertiary/aromatic N) is 1. The van der Waals surface area contributed by atoms with E-state index in [1.807, 2.05) is 13.0 Å². The first-order valence-corrected chi connectivity index (χ1v) is 5.82. The summed E-state index contributed by atoms with van der Waals surface area (Å²) < 4.78 is 18.8. The van der Waals surface area contributed by atoms with Crippen LogP contribution in [0.25, 0.3) is 0 Å². The van der Waals surface area contributed by atoms with Crippen LogP contribution < -0.4 is 10.1 Å². The summed E-state index contributed by atoms with van der Waals surface area (Å²) in [5, 5.41) is 3.15. The van der Waals surface area contributed by atoms with Gasteiger partial charge in [-0.3, -0.25) is 4.98 Å². The Hall–Kier alpha value is -2.10. The fourth-order valence-corrected chi connectivity index (χ4v) is 1.59. The number of pyridine rings is 1. The molecule has 0 bridgehead atoms. The number of aromatic nitrogens is 1. The van der Waals surface area contributed by atoms with Crippen molar-refractivity contribution in [2.24, 2.45) is 0 Å². The Kier molecular flexibility index (Phi) is 3.77. The molecule has 94 valence electrons. The summed E-state index contributed by atoms with van der Waals surface area (Å²) in [6, 6.07) is 6.51. The van der Waals surface area contributed by atoms with Crippen LogP contribution in [-0.2, 0) is 0 Å². The lowest BCUT2D eigenvalue weighted by atomic mass is 10.2. The number of anilines is 1. The summed E-state index contributed by atoms with van der Waals surface area (Å²) in [6.07, 6.45) is 3.35. The van der Waals surface area contributed by atoms with E-state index in [9.17, 15) is 4.39 Å². The van der Waals surface area contributed by atoms with E-state index < -0.39 is 0 Å². The minimum atomic E-state index is -0.234. The third-order valence-corrected chi connectivity index (χ3v) is 2.46. The molecule has 1 aromatic carbocycles. The Bertz CT molecular complexity index is 543. The topological polar surface area (TPSA) is 34.2 Å². The first-order chi connectivity index (χ1) is 8.69. The summed E-state index contributed by atoms with van der Waals surface area (Å²) in [6.45, 7) is 4.53. The molecule has 0 amide bonds. The van der Waals surface area contributed by atoms with Gasteiger partial charge in [-0.25, -0.2) is 4.39 Å². The Morgan fingerprint density at radius 2 is 2.06 bits per heavy atom. The number of hydrogen-bond acceptors (Lipinski definition) is 3. The van der Waals surface area contributed by atoms with E-state index in [-0.39, 0.29) is 5.82 Å². The van der Waals surface area contributed by atoms with Crippen LogP contribution in [0.2, 0.25) is 0 Å². The van der Waals surface area contributed by atoms with Gasteiger partial charge in [-0.2, -0.15) is 0 Å². The van der Waals surface area contributed by atoms with Crippen LogP contribution in [0.3, 0.4) is 0 Å². The van der Waals surface area contributed by atoms with E-state index >= 15 is 0 Å². The van der Waals surface area contributed by atoms with Gasteiger partial charge in [-0.15, -0.1) is 0 Å². The van der Waals surface area contributed by atoms with Crippen LogP contribution in [0.15, 0.2) is 36.7 Å². The van der Waals surface area contributed by atoms with E-state index in [4.69, 9.17) is 4.74 Å². The van der Waals surface area contributed by atoms with Gasteiger partial charge >= 0.3 is 0 Å². The minimum absolute atomic E-state index is 0.234. The SMILES string of the molecule is CCNc1cncc(Oc2ccc(F)c(C)c2)c1. The zero-order chi connectivity index (χ0) is 13.0. The lowest BCUT2D eigenvalue weighted by molar-refractivity contribution is 0.477. The highest BCUT2D eigenvalue weighted by atomic mass is 19.1. The van der Waals surface area contributed by atoms with E-state index in [0.717, 1.165) is 12.2 Å². The summed E-state index contributed by atoms with van der Waals surface area (Å²) in [4.78, 5) is 4.08. The molecule has 4 heteroatoms. The van der Waals surface area contributed by atoms with Crippen molar-refractivity contribution in [3.05, 3.63) is 48.0 Å². The highest BCUT2D eigenvalue weighted by Crippen LogP contribution is 2.24. The van der Waals surface area contributed by atoms with Crippen LogP contribution >= 0.6 is 0 Å². The van der Waals surface area contributed by atoms with Gasteiger partial charge in [-0.1, -0.05) is 0 Å². The van der Waals surface area contributed by atoms with Crippen LogP contribution in [0, 0.1) is 12.7 Å². The second kappa shape index (κ2) is 5.49. The molecule has 0 radical (unpaired) electrons. The van der Waals surface area contributed by atoms with Gasteiger partial charge in [0, 0.05) is 12.6 Å². The fraction of sp³-hybridized carbons (Fsp3) is 0.214. The number of aryl methyl sites for hydroxylation is 1. The van der Waals surface area contributed by atoms with Crippen molar-refractivity contribution < 1.29 is 9.13 Å². The zero-order valence-electron chi connectivity index (χ0n) is 10.4. The van der Waals surface area contributed by atoms with Gasteiger partial charge in [0.15, 0.2) is 0 Å². The molecule has 1 heterocycles. The molecular weight excluding hydrogens is 231 g/mol. The van der Waals surface area contributed by atoms with Gasteiger partial charge < -0.3 is 10.1 Å². The van der Waals surface area contributed by atoms with E-state index in [1.165, 1.54) is 6.07 Å². The van der Waals surface area contributed by atoms with E-state index in [0.29, 0.717) is 17.1 Å². The second-order valence-electron chi connectivity index (χ2n) is 3.95. The number of rotatable bonds is 4. The van der Waals surface area contributed by atoms with Crippen molar-refractivity contribution in [3.63, 3.8) is 0 Å². The third kappa shape index (κ3) is 2.97. The largest absolute Gasteiger partial charge is 0.456 e. The van der Waals surface area contributed by atoms with Crippen molar-refractivity contribution in [3.8, 4) is 11.5 Å². The highest BCUT2D eigenvalue weighted by Gasteiger charge is 2.02. The molecule has 0 aliphatic rings. The molecule has 3 nitrogen and oxygen atoms in total. The molecule has 1 N–H and O–H groups in total. The van der Waals surface area contributed by atoms with Crippen molar-refractivity contribution in [2.75, 3.05) is 11.9 Å². The first kappa shape index (κ1) is 12.4. The predicted molar refractivity (Wildman–Crippen MR) is 69.6 cm³/mol. The van der Waals surface area contributed by atoms with E-state index in [1.54, 1.807) is 31.5 Å². The van der Waals surface area contributed by atoms with Crippen molar-refractivity contribution >= 4 is 5.69 Å². The van der Waals surface area contributed by atoms with Crippen LogP contribution in [-0.4, -0.2) is 11.5 Å². The number of ether oxygens (including phenoxy) is 1. The van der Waals surface area contributed by atoms with Crippen molar-refractivity contribution in [1.29, 1.82) is 0 Å². The van der Waals surface area contributed by atoms with Gasteiger partial charge in [-0.05, 0) is 37.6 Å². The average molecular weight is 246 g/mol. The molecule has 0 fully saturated rings. The molecule has 0 atom stereocenters. The maximum absolute atomic E-state index is 13.1. The fourth-order valence-electron chi connectivity index (χ4n) is 1.59. The van der Waals surface area contributed by atoms with Crippen LogP contribution in [0.1, 0.15) is 12.5 Å². The maximum atomic E-state index is 13.1. The quantitative estimate of drug-likeness (QED) is 0.892. The normalized spacial score (nSPS) is 10.2. The van der Waals surface area contributed by atoms with Crippen molar-refractivity contribution in [2.45, 2.75) is 13.8 Å². The number of hydrogen-bond donors (Lipinski definition) is 1. The first-order valence-electron chi connectivity index (χ1n) is 5.82. The smallest absolute Gasteiger partial charge is 0.147 e. The summed E-state index contributed by atoms with van der Waals surface area (Å²) >= 11 is 0. The molecule has 1 aromatic heterocycles. The van der Waals surface area contributed by atoms with Gasteiger partial charge in [0.2, 0.25) is 0 Å². The number of benzene rings is 1. The summed E-state index contributed by atoms with van der Waals surface area (Å²) in [5.74, 6) is 0.991. The van der Waals surface area contributed by atoms with Crippen molar-refractivity contribution in [1.82, 2.24) is 4.98 Å². The second-order valence-corrected chi connectivity index (χ2v) is 3.95. The lowest BCUT2D eigenvalue weighted by Crippen LogP contribution is -1.97. The summed E-state index contributed by atoms with van der Waals surface area (Å²) in [5.41, 5.74) is 1.46. The predicted octanol–water partition coefficient (Wildman–Crippen LogP) is 3.75. The molecule has 18 heavy (non-hydrogen) atoms. The van der Waals surface area contributed by atoms with Gasteiger partial charge in [0.05, 0.1) is 18.1 Å². The molecule has 0 aliphatic heterocycles. The third-order valence-electron chi connectivity index (χ3n) is 2.46. The average Bonchev–Trinajstić information content (AvgIpc) is 2.35. The highest BCUT2D eigenvalue weighted by molar-refractivity contribution is 5.46. The Morgan fingerprint density at radius 3 is 2.78 bits per heavy atom. The lowest BCUT2D eigenvalue weighted by Gasteiger charge is -2.08. The Balaban J connectivity index is 2.17. The molecule has 0 spiro atoms. The summed E-state index contributed by atoms with van der Waals surface area (Å²) in [7, 11) is 0. The molecule has 0 saturated heterocycles. The molecule has 2 rings (SSSR count). The number of nitrogens with one attached hydrogen (secondary N) is 1. The molecular formula is C14H15FN2O. The molecule has 0 unspecified atom stereocenters. The maximum Gasteiger partial charge on any atom is 0.147 e. The number of halogens is 1. The molecule has 0 aliphatic carbocycles. The Labute approximate surface area is 106 Å². The van der Waals surface area contributed by atoms with Crippen LogP contribution in [0.5, 0.6) is 11.5 Å². The zero-order valence-corrected chi connectivity index (χ0v) is 10.4. The monoisotopic (exact) mass is 246 g/mol. The standard InChI is InChI=1S/C14H15FN2O/c1-3-17-11-7-13(9-16-8-11)18-12-4-5-14(15)10(2)6-12/h4-9,17H,3H2,1-2H3. The van der Waals surface area contributed by atoms with E-state index in [2.05, 4.69) is 10.3 Å². The molecule has 2 aromatic rings. The van der Waals surface area contributed by atoms with Crippen LogP contribution in [0.4, 0.5) is 10.1 Å².